The Hall–Kier alpha value is -2.42. The highest BCUT2D eigenvalue weighted by atomic mass is 19.4. The van der Waals surface area contributed by atoms with Gasteiger partial charge in [0.15, 0.2) is 5.49 Å². The van der Waals surface area contributed by atoms with Gasteiger partial charge in [-0.1, -0.05) is 6.07 Å². The van der Waals surface area contributed by atoms with Gasteiger partial charge in [0.25, 0.3) is 5.91 Å². The quantitative estimate of drug-likeness (QED) is 0.597. The van der Waals surface area contributed by atoms with Crippen LogP contribution < -0.4 is 5.49 Å². The van der Waals surface area contributed by atoms with Gasteiger partial charge in [0.1, 0.15) is 5.82 Å². The molecule has 9 heteroatoms. The van der Waals surface area contributed by atoms with Crippen LogP contribution in [0.25, 0.3) is 0 Å². The molecule has 5 nitrogen and oxygen atoms in total. The molecule has 0 fully saturated rings. The number of aromatic nitrogens is 2. The number of aryl methyl sites for hydroxylation is 1. The number of nitrogens with zero attached hydrogens (tertiary/aromatic N) is 3. The highest BCUT2D eigenvalue weighted by molar-refractivity contribution is 5.95. The Kier molecular flexibility index (Phi) is 6.01. The monoisotopic (exact) mass is 373 g/mol. The van der Waals surface area contributed by atoms with E-state index in [1.807, 2.05) is 0 Å². The van der Waals surface area contributed by atoms with Crippen LogP contribution in [0, 0.1) is 12.7 Å². The molecule has 1 amide bonds. The molecule has 26 heavy (non-hydrogen) atoms. The average Bonchev–Trinajstić information content (AvgIpc) is 2.81. The topological polar surface area (TPSA) is 48.5 Å². The van der Waals surface area contributed by atoms with Gasteiger partial charge in [-0.3, -0.25) is 14.2 Å². The summed E-state index contributed by atoms with van der Waals surface area (Å²) >= 11 is 0. The van der Waals surface area contributed by atoms with E-state index < -0.39 is 29.0 Å². The molecule has 1 aromatic carbocycles. The largest absolute Gasteiger partial charge is 0.419 e. The number of rotatable bonds is 5. The van der Waals surface area contributed by atoms with E-state index in [0.717, 1.165) is 17.8 Å². The molecule has 0 saturated heterocycles. The van der Waals surface area contributed by atoms with Crippen molar-refractivity contribution in [3.05, 3.63) is 52.4 Å². The molecule has 0 bridgehead atoms. The first-order chi connectivity index (χ1) is 12.2. The van der Waals surface area contributed by atoms with Crippen LogP contribution in [0.5, 0.6) is 0 Å². The van der Waals surface area contributed by atoms with E-state index in [1.165, 1.54) is 0 Å². The van der Waals surface area contributed by atoms with Crippen molar-refractivity contribution in [1.29, 1.82) is 0 Å². The molecule has 1 aromatic heterocycles. The number of amides is 1. The lowest BCUT2D eigenvalue weighted by Gasteiger charge is -2.10. The fourth-order valence-corrected chi connectivity index (χ4v) is 2.49. The lowest BCUT2D eigenvalue weighted by molar-refractivity contribution is -0.140. The minimum absolute atomic E-state index is 0.239. The zero-order valence-corrected chi connectivity index (χ0v) is 14.6. The van der Waals surface area contributed by atoms with Gasteiger partial charge < -0.3 is 4.74 Å². The first-order valence-electron chi connectivity index (χ1n) is 7.84. The molecule has 2 aromatic rings. The molecule has 0 aliphatic rings. The van der Waals surface area contributed by atoms with Crippen LogP contribution in [-0.2, 0) is 24.5 Å². The molecule has 0 atom stereocenters. The van der Waals surface area contributed by atoms with E-state index in [4.69, 9.17) is 4.74 Å². The number of hydrogen-bond donors (Lipinski definition) is 0. The van der Waals surface area contributed by atoms with Gasteiger partial charge in [0.05, 0.1) is 11.1 Å². The second kappa shape index (κ2) is 7.86. The summed E-state index contributed by atoms with van der Waals surface area (Å²) in [5.41, 5.74) is -1.18. The van der Waals surface area contributed by atoms with Crippen molar-refractivity contribution in [3.63, 3.8) is 0 Å². The van der Waals surface area contributed by atoms with Gasteiger partial charge in [-0.15, -0.1) is 0 Å². The molecule has 142 valence electrons. The maximum absolute atomic E-state index is 14.1. The maximum atomic E-state index is 14.1. The SMILES string of the molecule is COCCCn1/c(=N/C(=O)c2cccc(C(F)(F)F)c2F)cc(C)n1C. The number of alkyl halides is 3. The van der Waals surface area contributed by atoms with Crippen molar-refractivity contribution in [2.45, 2.75) is 26.1 Å². The van der Waals surface area contributed by atoms with Crippen molar-refractivity contribution in [2.24, 2.45) is 12.0 Å². The van der Waals surface area contributed by atoms with Crippen LogP contribution >= 0.6 is 0 Å². The Morgan fingerprint density at radius 3 is 2.62 bits per heavy atom. The van der Waals surface area contributed by atoms with E-state index in [0.29, 0.717) is 25.6 Å². The summed E-state index contributed by atoms with van der Waals surface area (Å²) < 4.78 is 61.0. The smallest absolute Gasteiger partial charge is 0.385 e. The molecule has 0 spiro atoms. The van der Waals surface area contributed by atoms with Gasteiger partial charge >= 0.3 is 6.18 Å². The number of ether oxygens (including phenoxy) is 1. The second-order valence-electron chi connectivity index (χ2n) is 5.72. The number of hydrogen-bond acceptors (Lipinski definition) is 2. The highest BCUT2D eigenvalue weighted by Gasteiger charge is 2.35. The Labute approximate surface area is 147 Å². The minimum atomic E-state index is -4.89. The maximum Gasteiger partial charge on any atom is 0.419 e. The highest BCUT2D eigenvalue weighted by Crippen LogP contribution is 2.32. The Bertz CT molecular complexity index is 866. The number of methoxy groups -OCH3 is 1. The van der Waals surface area contributed by atoms with Crippen molar-refractivity contribution >= 4 is 5.91 Å². The summed E-state index contributed by atoms with van der Waals surface area (Å²) in [5, 5.41) is 0. The zero-order chi connectivity index (χ0) is 19.5. The van der Waals surface area contributed by atoms with Crippen LogP contribution in [0.1, 0.15) is 28.0 Å². The fourth-order valence-electron chi connectivity index (χ4n) is 2.49. The van der Waals surface area contributed by atoms with Crippen molar-refractivity contribution in [1.82, 2.24) is 9.36 Å². The lowest BCUT2D eigenvalue weighted by Crippen LogP contribution is -2.25. The third-order valence-corrected chi connectivity index (χ3v) is 3.94. The van der Waals surface area contributed by atoms with E-state index >= 15 is 0 Å². The predicted octanol–water partition coefficient (Wildman–Crippen LogP) is 3.07. The van der Waals surface area contributed by atoms with Crippen LogP contribution in [0.3, 0.4) is 0 Å². The molecule has 1 heterocycles. The summed E-state index contributed by atoms with van der Waals surface area (Å²) in [5.74, 6) is -2.69. The van der Waals surface area contributed by atoms with E-state index in [-0.39, 0.29) is 5.49 Å². The van der Waals surface area contributed by atoms with Crippen molar-refractivity contribution < 1.29 is 27.1 Å². The van der Waals surface area contributed by atoms with Crippen molar-refractivity contribution in [3.8, 4) is 0 Å². The van der Waals surface area contributed by atoms with E-state index in [2.05, 4.69) is 4.99 Å². The molecular weight excluding hydrogens is 354 g/mol. The lowest BCUT2D eigenvalue weighted by atomic mass is 10.1. The van der Waals surface area contributed by atoms with Crippen LogP contribution in [0.2, 0.25) is 0 Å². The summed E-state index contributed by atoms with van der Waals surface area (Å²) in [6, 6.07) is 4.17. The van der Waals surface area contributed by atoms with Crippen LogP contribution in [-0.4, -0.2) is 29.0 Å². The van der Waals surface area contributed by atoms with Crippen molar-refractivity contribution in [2.75, 3.05) is 13.7 Å². The molecule has 0 aliphatic heterocycles. The Morgan fingerprint density at radius 1 is 1.31 bits per heavy atom. The third-order valence-electron chi connectivity index (χ3n) is 3.94. The predicted molar refractivity (Wildman–Crippen MR) is 85.9 cm³/mol. The normalized spacial score (nSPS) is 12.7. The number of carbonyl (C=O) groups is 1. The molecule has 0 radical (unpaired) electrons. The average molecular weight is 373 g/mol. The summed E-state index contributed by atoms with van der Waals surface area (Å²) in [7, 11) is 3.32. The van der Waals surface area contributed by atoms with E-state index in [9.17, 15) is 22.4 Å². The van der Waals surface area contributed by atoms with Gasteiger partial charge in [-0.25, -0.2) is 4.39 Å². The summed E-state index contributed by atoms with van der Waals surface area (Å²) in [6.45, 7) is 2.77. The van der Waals surface area contributed by atoms with E-state index in [1.54, 1.807) is 36.5 Å². The van der Waals surface area contributed by atoms with Gasteiger partial charge in [-0.2, -0.15) is 18.2 Å². The standard InChI is InChI=1S/C17H19F4N3O2/c1-11-10-14(24(23(11)2)8-5-9-26-3)22-16(25)12-6-4-7-13(15(12)18)17(19,20)21/h4,6-7,10H,5,8-9H2,1-3H3/b22-14+. The van der Waals surface area contributed by atoms with Gasteiger partial charge in [0.2, 0.25) is 0 Å². The molecule has 2 rings (SSSR count). The molecule has 0 saturated carbocycles. The molecule has 0 aliphatic carbocycles. The fraction of sp³-hybridized carbons (Fsp3) is 0.412. The number of halogens is 4. The van der Waals surface area contributed by atoms with Gasteiger partial charge in [0, 0.05) is 39.1 Å². The first-order valence-corrected chi connectivity index (χ1v) is 7.84. The van der Waals surface area contributed by atoms with Crippen LogP contribution in [0.4, 0.5) is 17.6 Å². The Morgan fingerprint density at radius 2 is 2.00 bits per heavy atom. The zero-order valence-electron chi connectivity index (χ0n) is 14.6. The molecule has 0 unspecified atom stereocenters. The van der Waals surface area contributed by atoms with Gasteiger partial charge in [-0.05, 0) is 25.5 Å². The number of benzene rings is 1. The third kappa shape index (κ3) is 4.21. The second-order valence-corrected chi connectivity index (χ2v) is 5.72. The number of carbonyl (C=O) groups excluding carboxylic acids is 1. The van der Waals surface area contributed by atoms with Crippen LogP contribution in [0.15, 0.2) is 29.3 Å². The molecular formula is C17H19F4N3O2. The summed E-state index contributed by atoms with van der Waals surface area (Å²) in [4.78, 5) is 16.1. The first kappa shape index (κ1) is 19.9. The summed E-state index contributed by atoms with van der Waals surface area (Å²) in [6.07, 6.45) is -4.24. The Balaban J connectivity index is 2.45. The molecule has 0 N–H and O–H groups in total. The minimum Gasteiger partial charge on any atom is -0.385 e.